The molecule has 0 radical (unpaired) electrons. The van der Waals surface area contributed by atoms with Crippen LogP contribution in [0, 0.1) is 6.92 Å². The lowest BCUT2D eigenvalue weighted by molar-refractivity contribution is -0.137. The van der Waals surface area contributed by atoms with E-state index in [9.17, 15) is 23.1 Å². The Morgan fingerprint density at radius 3 is 2.20 bits per heavy atom. The van der Waals surface area contributed by atoms with Crippen LogP contribution < -0.4 is 4.74 Å². The minimum absolute atomic E-state index is 0.0548. The molecule has 3 rings (SSSR count). The van der Waals surface area contributed by atoms with Crippen LogP contribution in [-0.2, 0) is 6.18 Å². The average molecular weight is 567 g/mol. The predicted octanol–water partition coefficient (Wildman–Crippen LogP) is 8.56. The third kappa shape index (κ3) is 7.31. The van der Waals surface area contributed by atoms with Crippen LogP contribution in [0.15, 0.2) is 86.0 Å². The van der Waals surface area contributed by atoms with Crippen molar-refractivity contribution >= 4 is 11.7 Å². The van der Waals surface area contributed by atoms with Crippen LogP contribution in [0.2, 0.25) is 0 Å². The molecule has 0 aliphatic carbocycles. The van der Waals surface area contributed by atoms with Gasteiger partial charge in [0.2, 0.25) is 0 Å². The van der Waals surface area contributed by atoms with E-state index in [1.54, 1.807) is 35.2 Å². The molecule has 3 aromatic carbocycles. The van der Waals surface area contributed by atoms with Gasteiger partial charge in [-0.1, -0.05) is 68.5 Å². The molecule has 0 saturated carbocycles. The van der Waals surface area contributed by atoms with Gasteiger partial charge in [-0.05, 0) is 54.8 Å². The molecule has 3 aromatic rings. The Morgan fingerprint density at radius 1 is 1.05 bits per heavy atom. The van der Waals surface area contributed by atoms with Gasteiger partial charge in [-0.3, -0.25) is 4.90 Å². The van der Waals surface area contributed by atoms with E-state index in [0.29, 0.717) is 18.5 Å². The molecule has 0 aliphatic rings. The molecule has 2 unspecified atom stereocenters. The number of benzene rings is 3. The van der Waals surface area contributed by atoms with Gasteiger partial charge in [0, 0.05) is 30.3 Å². The average Bonchev–Trinajstić information content (AvgIpc) is 2.95. The number of aromatic hydroxyl groups is 1. The lowest BCUT2D eigenvalue weighted by Crippen LogP contribution is -2.45. The van der Waals surface area contributed by atoms with Gasteiger partial charge >= 0.3 is 12.2 Å². The van der Waals surface area contributed by atoms with E-state index in [2.05, 4.69) is 13.2 Å². The highest BCUT2D eigenvalue weighted by atomic mass is 19.4. The Labute approximate surface area is 240 Å². The van der Waals surface area contributed by atoms with Gasteiger partial charge in [0.1, 0.15) is 11.5 Å². The number of phenolic OH excluding ortho intramolecular Hbond substituents is 1. The Balaban J connectivity index is 2.28. The maximum absolute atomic E-state index is 14.4. The molecule has 41 heavy (non-hydrogen) atoms. The third-order valence-electron chi connectivity index (χ3n) is 7.04. The van der Waals surface area contributed by atoms with Gasteiger partial charge in [-0.15, -0.1) is 6.58 Å². The summed E-state index contributed by atoms with van der Waals surface area (Å²) >= 11 is 0. The molecule has 0 bridgehead atoms. The maximum atomic E-state index is 14.4. The summed E-state index contributed by atoms with van der Waals surface area (Å²) in [5, 5.41) is 10.0. The SMILES string of the molecule is C=CCN(CCC)C(=O)N(C(=C)c1ccc(C(F)(F)F)cc1OC)C(c1ccc(O)cc1)C(C)c1ccc(C)cc1. The number of nitrogens with zero attached hydrogens (tertiary/aromatic N) is 2. The van der Waals surface area contributed by atoms with E-state index in [1.165, 1.54) is 18.1 Å². The second-order valence-electron chi connectivity index (χ2n) is 9.98. The number of carbonyl (C=O) groups excluding carboxylic acids is 1. The largest absolute Gasteiger partial charge is 0.508 e. The first kappa shape index (κ1) is 31.3. The summed E-state index contributed by atoms with van der Waals surface area (Å²) in [4.78, 5) is 17.6. The van der Waals surface area contributed by atoms with Crippen molar-refractivity contribution in [3.8, 4) is 11.5 Å². The van der Waals surface area contributed by atoms with Crippen molar-refractivity contribution in [2.75, 3.05) is 20.2 Å². The fourth-order valence-corrected chi connectivity index (χ4v) is 4.87. The lowest BCUT2D eigenvalue weighted by atomic mass is 9.86. The van der Waals surface area contributed by atoms with Gasteiger partial charge in [-0.2, -0.15) is 13.2 Å². The molecule has 5 nitrogen and oxygen atoms in total. The summed E-state index contributed by atoms with van der Waals surface area (Å²) in [5.74, 6) is -0.273. The van der Waals surface area contributed by atoms with Crippen molar-refractivity contribution < 1.29 is 27.8 Å². The summed E-state index contributed by atoms with van der Waals surface area (Å²) < 4.78 is 46.0. The summed E-state index contributed by atoms with van der Waals surface area (Å²) in [6, 6.07) is 16.6. The highest BCUT2D eigenvalue weighted by molar-refractivity contribution is 5.87. The van der Waals surface area contributed by atoms with Gasteiger partial charge in [-0.25, -0.2) is 4.79 Å². The second kappa shape index (κ2) is 13.4. The predicted molar refractivity (Wildman–Crippen MR) is 157 cm³/mol. The van der Waals surface area contributed by atoms with E-state index in [1.807, 2.05) is 45.0 Å². The number of hydrogen-bond donors (Lipinski definition) is 1. The Morgan fingerprint density at radius 2 is 1.66 bits per heavy atom. The topological polar surface area (TPSA) is 53.0 Å². The lowest BCUT2D eigenvalue weighted by Gasteiger charge is -2.40. The molecule has 2 amide bonds. The van der Waals surface area contributed by atoms with Crippen molar-refractivity contribution in [3.05, 3.63) is 114 Å². The summed E-state index contributed by atoms with van der Waals surface area (Å²) in [5.41, 5.74) is 2.31. The molecule has 2 atom stereocenters. The zero-order chi connectivity index (χ0) is 30.3. The first-order valence-electron chi connectivity index (χ1n) is 13.4. The highest BCUT2D eigenvalue weighted by Crippen LogP contribution is 2.43. The number of carbonyl (C=O) groups is 1. The van der Waals surface area contributed by atoms with Gasteiger partial charge in [0.15, 0.2) is 0 Å². The number of amides is 2. The summed E-state index contributed by atoms with van der Waals surface area (Å²) in [6.45, 7) is 14.7. The quantitative estimate of drug-likeness (QED) is 0.237. The minimum atomic E-state index is -4.57. The van der Waals surface area contributed by atoms with Crippen LogP contribution in [0.5, 0.6) is 11.5 Å². The Bertz CT molecular complexity index is 1350. The minimum Gasteiger partial charge on any atom is -0.508 e. The normalized spacial score (nSPS) is 12.8. The van der Waals surface area contributed by atoms with Gasteiger partial charge in [0.25, 0.3) is 0 Å². The number of aryl methyl sites for hydroxylation is 1. The summed E-state index contributed by atoms with van der Waals surface area (Å²) in [6.07, 6.45) is -2.26. The van der Waals surface area contributed by atoms with Crippen molar-refractivity contribution in [2.24, 2.45) is 0 Å². The third-order valence-corrected chi connectivity index (χ3v) is 7.04. The zero-order valence-electron chi connectivity index (χ0n) is 23.9. The molecule has 1 N–H and O–H groups in total. The molecule has 218 valence electrons. The Hall–Kier alpha value is -4.20. The van der Waals surface area contributed by atoms with Crippen molar-refractivity contribution in [1.29, 1.82) is 0 Å². The number of rotatable bonds is 11. The van der Waals surface area contributed by atoms with E-state index >= 15 is 0 Å². The molecular formula is C33H37F3N2O3. The van der Waals surface area contributed by atoms with Crippen LogP contribution in [0.1, 0.15) is 60.0 Å². The molecule has 0 aliphatic heterocycles. The van der Waals surface area contributed by atoms with E-state index in [4.69, 9.17) is 4.74 Å². The number of ether oxygens (including phenoxy) is 1. The smallest absolute Gasteiger partial charge is 0.416 e. The van der Waals surface area contributed by atoms with Crippen LogP contribution in [0.4, 0.5) is 18.0 Å². The molecule has 0 saturated heterocycles. The molecule has 0 spiro atoms. The fourth-order valence-electron chi connectivity index (χ4n) is 4.87. The molecule has 0 fully saturated rings. The highest BCUT2D eigenvalue weighted by Gasteiger charge is 2.37. The number of phenols is 1. The first-order chi connectivity index (χ1) is 19.4. The van der Waals surface area contributed by atoms with Crippen LogP contribution in [0.25, 0.3) is 5.70 Å². The van der Waals surface area contributed by atoms with Crippen LogP contribution in [-0.4, -0.2) is 41.1 Å². The Kier molecular flexibility index (Phi) is 10.3. The van der Waals surface area contributed by atoms with E-state index in [-0.39, 0.29) is 41.3 Å². The van der Waals surface area contributed by atoms with Crippen LogP contribution in [0.3, 0.4) is 0 Å². The fraction of sp³-hybridized carbons (Fsp3) is 0.303. The molecule has 0 heterocycles. The second-order valence-corrected chi connectivity index (χ2v) is 9.98. The molecule has 8 heteroatoms. The van der Waals surface area contributed by atoms with Crippen molar-refractivity contribution in [3.63, 3.8) is 0 Å². The van der Waals surface area contributed by atoms with Gasteiger partial charge < -0.3 is 14.7 Å². The van der Waals surface area contributed by atoms with E-state index in [0.717, 1.165) is 23.3 Å². The first-order valence-corrected chi connectivity index (χ1v) is 13.4. The van der Waals surface area contributed by atoms with Crippen molar-refractivity contribution in [1.82, 2.24) is 9.80 Å². The molecular weight excluding hydrogens is 529 g/mol. The number of alkyl halides is 3. The zero-order valence-corrected chi connectivity index (χ0v) is 23.9. The number of hydrogen-bond acceptors (Lipinski definition) is 3. The number of urea groups is 1. The standard InChI is InChI=1S/C33H37F3N2O3/c1-7-19-37(20-8-2)32(40)38(24(5)29-18-15-27(33(34,35)36)21-30(29)41-6)31(26-13-16-28(39)17-14-26)23(4)25-11-9-22(3)10-12-25/h7,9-18,21,23,31,39H,1,5,8,19-20H2,2-4,6H3. The number of methoxy groups -OCH3 is 1. The maximum Gasteiger partial charge on any atom is 0.416 e. The van der Waals surface area contributed by atoms with Gasteiger partial charge in [0.05, 0.1) is 18.7 Å². The van der Waals surface area contributed by atoms with E-state index < -0.39 is 17.8 Å². The molecule has 0 aromatic heterocycles. The summed E-state index contributed by atoms with van der Waals surface area (Å²) in [7, 11) is 1.28. The van der Waals surface area contributed by atoms with Crippen molar-refractivity contribution in [2.45, 2.75) is 45.3 Å². The number of halogens is 3. The monoisotopic (exact) mass is 566 g/mol. The van der Waals surface area contributed by atoms with Crippen LogP contribution >= 0.6 is 0 Å².